The number of aromatic nitrogens is 2. The first-order valence-electron chi connectivity index (χ1n) is 7.38. The van der Waals surface area contributed by atoms with Crippen LogP contribution in [0.15, 0.2) is 39.5 Å². The lowest BCUT2D eigenvalue weighted by Gasteiger charge is -2.07. The second-order valence-corrected chi connectivity index (χ2v) is 5.39. The van der Waals surface area contributed by atoms with E-state index in [0.29, 0.717) is 24.2 Å². The predicted molar refractivity (Wildman–Crippen MR) is 86.6 cm³/mol. The van der Waals surface area contributed by atoms with Crippen LogP contribution in [0, 0.1) is 13.8 Å². The second-order valence-electron chi connectivity index (χ2n) is 5.39. The number of nitrogens with zero attached hydrogens (tertiary/aromatic N) is 1. The number of aryl methyl sites for hydroxylation is 1. The molecule has 0 aliphatic rings. The maximum absolute atomic E-state index is 12.2. The highest BCUT2D eigenvalue weighted by Crippen LogP contribution is 2.18. The van der Waals surface area contributed by atoms with Gasteiger partial charge >= 0.3 is 0 Å². The van der Waals surface area contributed by atoms with Gasteiger partial charge in [-0.2, -0.15) is 5.10 Å². The number of furan rings is 1. The van der Waals surface area contributed by atoms with Crippen LogP contribution >= 0.6 is 0 Å². The summed E-state index contributed by atoms with van der Waals surface area (Å²) in [6.45, 7) is 3.85. The predicted octanol–water partition coefficient (Wildman–Crippen LogP) is 2.11. The average molecular weight is 311 g/mol. The Morgan fingerprint density at radius 2 is 2.09 bits per heavy atom. The molecule has 3 aromatic rings. The molecule has 0 atom stereocenters. The average Bonchev–Trinajstić information content (AvgIpc) is 2.94. The van der Waals surface area contributed by atoms with E-state index < -0.39 is 11.5 Å². The Hall–Kier alpha value is -2.89. The highest BCUT2D eigenvalue weighted by atomic mass is 16.3. The van der Waals surface area contributed by atoms with Gasteiger partial charge in [-0.15, -0.1) is 0 Å². The first-order valence-corrected chi connectivity index (χ1v) is 7.38. The van der Waals surface area contributed by atoms with E-state index in [4.69, 9.17) is 4.42 Å². The van der Waals surface area contributed by atoms with E-state index in [-0.39, 0.29) is 5.56 Å². The lowest BCUT2D eigenvalue weighted by molar-refractivity contribution is 0.0951. The summed E-state index contributed by atoms with van der Waals surface area (Å²) < 4.78 is 5.69. The van der Waals surface area contributed by atoms with Crippen LogP contribution < -0.4 is 10.9 Å². The molecular formula is C17H17N3O3. The summed E-state index contributed by atoms with van der Waals surface area (Å²) in [5.41, 5.74) is 1.68. The second kappa shape index (κ2) is 6.08. The van der Waals surface area contributed by atoms with Gasteiger partial charge in [0.25, 0.3) is 11.5 Å². The molecule has 1 amide bonds. The van der Waals surface area contributed by atoms with Crippen LogP contribution in [0.25, 0.3) is 11.0 Å². The molecule has 0 saturated heterocycles. The first kappa shape index (κ1) is 15.0. The monoisotopic (exact) mass is 311 g/mol. The number of hydrogen-bond donors (Lipinski definition) is 2. The molecule has 0 aliphatic carbocycles. The summed E-state index contributed by atoms with van der Waals surface area (Å²) in [4.78, 5) is 24.0. The molecular weight excluding hydrogens is 294 g/mol. The zero-order chi connectivity index (χ0) is 16.4. The molecule has 6 nitrogen and oxygen atoms in total. The molecule has 2 aromatic heterocycles. The van der Waals surface area contributed by atoms with E-state index in [1.165, 1.54) is 0 Å². The number of rotatable bonds is 4. The van der Waals surface area contributed by atoms with Crippen molar-refractivity contribution in [3.8, 4) is 0 Å². The maximum Gasteiger partial charge on any atom is 0.277 e. The van der Waals surface area contributed by atoms with Crippen LogP contribution in [-0.2, 0) is 6.42 Å². The third-order valence-corrected chi connectivity index (χ3v) is 3.83. The number of carbonyl (C=O) groups excluding carboxylic acids is 1. The highest BCUT2D eigenvalue weighted by Gasteiger charge is 2.15. The van der Waals surface area contributed by atoms with Gasteiger partial charge in [0.1, 0.15) is 16.9 Å². The van der Waals surface area contributed by atoms with Crippen molar-refractivity contribution in [2.75, 3.05) is 6.54 Å². The maximum atomic E-state index is 12.2. The van der Waals surface area contributed by atoms with Gasteiger partial charge in [-0.25, -0.2) is 5.10 Å². The van der Waals surface area contributed by atoms with Gasteiger partial charge in [-0.05, 0) is 31.5 Å². The highest BCUT2D eigenvalue weighted by molar-refractivity contribution is 5.95. The standard InChI is InChI=1S/C17H17N3O3/c1-10-11(2)19-20-17(22)15(10)16(21)18-8-7-13-9-12-5-3-4-6-14(12)23-13/h3-6,9H,7-8H2,1-2H3,(H,18,21)(H,20,22). The lowest BCUT2D eigenvalue weighted by Crippen LogP contribution is -2.32. The molecule has 0 fully saturated rings. The van der Waals surface area contributed by atoms with Crippen LogP contribution in [0.4, 0.5) is 0 Å². The Morgan fingerprint density at radius 1 is 1.30 bits per heavy atom. The van der Waals surface area contributed by atoms with Crippen LogP contribution in [-0.4, -0.2) is 22.6 Å². The minimum atomic E-state index is -0.477. The van der Waals surface area contributed by atoms with E-state index in [0.717, 1.165) is 16.7 Å². The van der Waals surface area contributed by atoms with E-state index in [9.17, 15) is 9.59 Å². The topological polar surface area (TPSA) is 88.0 Å². The summed E-state index contributed by atoms with van der Waals surface area (Å²) in [5.74, 6) is 0.397. The van der Waals surface area contributed by atoms with Gasteiger partial charge in [0.2, 0.25) is 0 Å². The molecule has 0 radical (unpaired) electrons. The van der Waals surface area contributed by atoms with Crippen LogP contribution in [0.3, 0.4) is 0 Å². The van der Waals surface area contributed by atoms with Crippen LogP contribution in [0.2, 0.25) is 0 Å². The van der Waals surface area contributed by atoms with Crippen molar-refractivity contribution in [3.05, 3.63) is 63.3 Å². The number of nitrogens with one attached hydrogen (secondary N) is 2. The molecule has 0 bridgehead atoms. The third-order valence-electron chi connectivity index (χ3n) is 3.83. The smallest absolute Gasteiger partial charge is 0.277 e. The normalized spacial score (nSPS) is 10.9. The molecule has 2 N–H and O–H groups in total. The lowest BCUT2D eigenvalue weighted by atomic mass is 10.1. The summed E-state index contributed by atoms with van der Waals surface area (Å²) in [5, 5.41) is 9.96. The number of aromatic amines is 1. The van der Waals surface area contributed by atoms with E-state index >= 15 is 0 Å². The Morgan fingerprint density at radius 3 is 2.87 bits per heavy atom. The summed E-state index contributed by atoms with van der Waals surface area (Å²) in [6, 6.07) is 9.70. The largest absolute Gasteiger partial charge is 0.461 e. The quantitative estimate of drug-likeness (QED) is 0.772. The molecule has 2 heterocycles. The fourth-order valence-corrected chi connectivity index (χ4v) is 2.45. The van der Waals surface area contributed by atoms with Gasteiger partial charge in [0, 0.05) is 18.4 Å². The zero-order valence-electron chi connectivity index (χ0n) is 13.0. The number of carbonyl (C=O) groups is 1. The fourth-order valence-electron chi connectivity index (χ4n) is 2.45. The number of para-hydroxylation sites is 1. The number of hydrogen-bond acceptors (Lipinski definition) is 4. The SMILES string of the molecule is Cc1n[nH]c(=O)c(C(=O)NCCc2cc3ccccc3o2)c1C. The first-order chi connectivity index (χ1) is 11.1. The van der Waals surface area contributed by atoms with Crippen LogP contribution in [0.5, 0.6) is 0 Å². The molecule has 0 unspecified atom stereocenters. The van der Waals surface area contributed by atoms with Crippen molar-refractivity contribution in [1.82, 2.24) is 15.5 Å². The van der Waals surface area contributed by atoms with Crippen LogP contribution in [0.1, 0.15) is 27.4 Å². The molecule has 0 spiro atoms. The van der Waals surface area contributed by atoms with Gasteiger partial charge < -0.3 is 9.73 Å². The fraction of sp³-hybridized carbons (Fsp3) is 0.235. The Kier molecular flexibility index (Phi) is 3.97. The summed E-state index contributed by atoms with van der Waals surface area (Å²) in [7, 11) is 0. The summed E-state index contributed by atoms with van der Waals surface area (Å²) in [6.07, 6.45) is 0.557. The van der Waals surface area contributed by atoms with Gasteiger partial charge in [0.15, 0.2) is 0 Å². The van der Waals surface area contributed by atoms with Crippen molar-refractivity contribution in [3.63, 3.8) is 0 Å². The Bertz CT molecular complexity index is 891. The van der Waals surface area contributed by atoms with Crippen molar-refractivity contribution < 1.29 is 9.21 Å². The Balaban J connectivity index is 1.68. The summed E-state index contributed by atoms with van der Waals surface area (Å²) >= 11 is 0. The molecule has 118 valence electrons. The number of benzene rings is 1. The van der Waals surface area contributed by atoms with Gasteiger partial charge in [0.05, 0.1) is 5.69 Å². The van der Waals surface area contributed by atoms with Crippen molar-refractivity contribution in [2.45, 2.75) is 20.3 Å². The number of fused-ring (bicyclic) bond motifs is 1. The molecule has 3 rings (SSSR count). The third kappa shape index (κ3) is 3.01. The minimum Gasteiger partial charge on any atom is -0.461 e. The number of H-pyrrole nitrogens is 1. The molecule has 0 aliphatic heterocycles. The van der Waals surface area contributed by atoms with E-state index in [1.807, 2.05) is 30.3 Å². The Labute approximate surface area is 132 Å². The molecule has 6 heteroatoms. The van der Waals surface area contributed by atoms with E-state index in [1.54, 1.807) is 13.8 Å². The molecule has 0 saturated carbocycles. The minimum absolute atomic E-state index is 0.113. The number of amides is 1. The van der Waals surface area contributed by atoms with Crippen molar-refractivity contribution in [2.24, 2.45) is 0 Å². The molecule has 1 aromatic carbocycles. The van der Waals surface area contributed by atoms with Gasteiger partial charge in [-0.1, -0.05) is 18.2 Å². The van der Waals surface area contributed by atoms with E-state index in [2.05, 4.69) is 15.5 Å². The van der Waals surface area contributed by atoms with Crippen molar-refractivity contribution >= 4 is 16.9 Å². The van der Waals surface area contributed by atoms with Crippen molar-refractivity contribution in [1.29, 1.82) is 0 Å². The van der Waals surface area contributed by atoms with Gasteiger partial charge in [-0.3, -0.25) is 9.59 Å². The zero-order valence-corrected chi connectivity index (χ0v) is 13.0. The molecule has 23 heavy (non-hydrogen) atoms.